The molecule has 0 saturated carbocycles. The number of thiazole rings is 1. The topological polar surface area (TPSA) is 34.4 Å². The van der Waals surface area contributed by atoms with Crippen molar-refractivity contribution in [1.82, 2.24) is 4.57 Å². The van der Waals surface area contributed by atoms with Gasteiger partial charge in [0, 0.05) is 5.56 Å². The average Bonchev–Trinajstić information content (AvgIpc) is 2.98. The molecular formula is C22H20N2OS. The van der Waals surface area contributed by atoms with Crippen LogP contribution in [-0.4, -0.2) is 10.5 Å². The predicted octanol–water partition coefficient (Wildman–Crippen LogP) is 4.26. The molecule has 0 aliphatic heterocycles. The monoisotopic (exact) mass is 360 g/mol. The highest BCUT2D eigenvalue weighted by atomic mass is 32.1. The number of terminal acetylenes is 1. The summed E-state index contributed by atoms with van der Waals surface area (Å²) in [5.41, 5.74) is 5.52. The van der Waals surface area contributed by atoms with E-state index in [1.54, 1.807) is 0 Å². The van der Waals surface area contributed by atoms with Crippen molar-refractivity contribution in [2.75, 3.05) is 0 Å². The highest BCUT2D eigenvalue weighted by Crippen LogP contribution is 2.23. The largest absolute Gasteiger partial charge is 0.305 e. The number of carbonyl (C=O) groups excluding carboxylic acids is 1. The van der Waals surface area contributed by atoms with Gasteiger partial charge in [-0.2, -0.15) is 4.99 Å². The lowest BCUT2D eigenvalue weighted by Crippen LogP contribution is -2.16. The second-order valence-electron chi connectivity index (χ2n) is 6.75. The summed E-state index contributed by atoms with van der Waals surface area (Å²) in [5, 5.41) is 0. The van der Waals surface area contributed by atoms with Gasteiger partial charge in [0.25, 0.3) is 5.91 Å². The van der Waals surface area contributed by atoms with Crippen LogP contribution in [0.25, 0.3) is 10.2 Å². The van der Waals surface area contributed by atoms with E-state index in [0.29, 0.717) is 16.9 Å². The van der Waals surface area contributed by atoms with E-state index in [-0.39, 0.29) is 5.91 Å². The number of aromatic nitrogens is 1. The summed E-state index contributed by atoms with van der Waals surface area (Å²) in [6.45, 7) is 2.46. The first-order valence-corrected chi connectivity index (χ1v) is 9.71. The van der Waals surface area contributed by atoms with Gasteiger partial charge in [0.2, 0.25) is 0 Å². The van der Waals surface area contributed by atoms with Gasteiger partial charge < -0.3 is 4.57 Å². The fourth-order valence-corrected chi connectivity index (χ4v) is 4.65. The first-order chi connectivity index (χ1) is 12.7. The van der Waals surface area contributed by atoms with Crippen LogP contribution in [0.3, 0.4) is 0 Å². The van der Waals surface area contributed by atoms with Crippen molar-refractivity contribution in [2.24, 2.45) is 4.99 Å². The van der Waals surface area contributed by atoms with E-state index in [0.717, 1.165) is 23.1 Å². The van der Waals surface area contributed by atoms with Crippen molar-refractivity contribution >= 4 is 27.5 Å². The minimum absolute atomic E-state index is 0.201. The van der Waals surface area contributed by atoms with Gasteiger partial charge in [-0.15, -0.1) is 6.42 Å². The second kappa shape index (κ2) is 6.93. The van der Waals surface area contributed by atoms with Crippen molar-refractivity contribution in [3.63, 3.8) is 0 Å². The number of hydrogen-bond donors (Lipinski definition) is 0. The van der Waals surface area contributed by atoms with E-state index in [1.165, 1.54) is 40.9 Å². The zero-order valence-corrected chi connectivity index (χ0v) is 15.6. The molecule has 0 fully saturated rings. The van der Waals surface area contributed by atoms with Crippen LogP contribution in [0, 0.1) is 19.3 Å². The van der Waals surface area contributed by atoms with E-state index in [2.05, 4.69) is 36.0 Å². The van der Waals surface area contributed by atoms with E-state index in [9.17, 15) is 4.79 Å². The van der Waals surface area contributed by atoms with Gasteiger partial charge in [0.05, 0.1) is 16.8 Å². The van der Waals surface area contributed by atoms with Crippen LogP contribution in [0.15, 0.2) is 41.4 Å². The lowest BCUT2D eigenvalue weighted by molar-refractivity contribution is 0.0998. The molecule has 1 aliphatic carbocycles. The third-order valence-electron chi connectivity index (χ3n) is 4.88. The smallest absolute Gasteiger partial charge is 0.279 e. The maximum absolute atomic E-state index is 12.8. The Hall–Kier alpha value is -2.64. The van der Waals surface area contributed by atoms with Crippen LogP contribution >= 0.6 is 11.3 Å². The number of fused-ring (bicyclic) bond motifs is 2. The van der Waals surface area contributed by atoms with E-state index in [4.69, 9.17) is 6.42 Å². The van der Waals surface area contributed by atoms with Crippen LogP contribution in [0.4, 0.5) is 0 Å². The molecule has 3 aromatic rings. The molecule has 0 N–H and O–H groups in total. The molecule has 3 nitrogen and oxygen atoms in total. The number of hydrogen-bond acceptors (Lipinski definition) is 2. The maximum Gasteiger partial charge on any atom is 0.279 e. The van der Waals surface area contributed by atoms with E-state index < -0.39 is 0 Å². The fraction of sp³-hybridized carbons (Fsp3) is 0.273. The number of nitrogens with zero attached hydrogens (tertiary/aromatic N) is 2. The van der Waals surface area contributed by atoms with Crippen molar-refractivity contribution in [3.05, 3.63) is 63.5 Å². The van der Waals surface area contributed by atoms with Gasteiger partial charge in [-0.1, -0.05) is 29.4 Å². The molecular weight excluding hydrogens is 340 g/mol. The highest BCUT2D eigenvalue weighted by molar-refractivity contribution is 7.16. The number of aryl methyl sites for hydroxylation is 3. The molecule has 1 heterocycles. The zero-order valence-electron chi connectivity index (χ0n) is 14.8. The van der Waals surface area contributed by atoms with Crippen LogP contribution in [0.5, 0.6) is 0 Å². The third kappa shape index (κ3) is 3.11. The SMILES string of the molecule is C#CCn1c(=NC(=O)c2ccc3c(c2)CCCC3)sc2cc(C)ccc21. The van der Waals surface area contributed by atoms with Gasteiger partial charge in [0.15, 0.2) is 4.80 Å². The molecule has 1 amide bonds. The summed E-state index contributed by atoms with van der Waals surface area (Å²) >= 11 is 1.51. The van der Waals surface area contributed by atoms with Gasteiger partial charge in [-0.05, 0) is 73.6 Å². The van der Waals surface area contributed by atoms with Gasteiger partial charge in [0.1, 0.15) is 0 Å². The van der Waals surface area contributed by atoms with Crippen LogP contribution in [0.2, 0.25) is 0 Å². The molecule has 0 radical (unpaired) electrons. The molecule has 0 spiro atoms. The van der Waals surface area contributed by atoms with Crippen molar-refractivity contribution in [1.29, 1.82) is 0 Å². The van der Waals surface area contributed by atoms with Gasteiger partial charge in [-0.3, -0.25) is 4.79 Å². The summed E-state index contributed by atoms with van der Waals surface area (Å²) in [4.78, 5) is 17.8. The molecule has 2 aromatic carbocycles. The van der Waals surface area contributed by atoms with Crippen molar-refractivity contribution < 1.29 is 4.79 Å². The molecule has 26 heavy (non-hydrogen) atoms. The summed E-state index contributed by atoms with van der Waals surface area (Å²) in [6.07, 6.45) is 10.1. The van der Waals surface area contributed by atoms with Crippen molar-refractivity contribution in [3.8, 4) is 12.3 Å². The van der Waals surface area contributed by atoms with Crippen LogP contribution < -0.4 is 4.80 Å². The molecule has 130 valence electrons. The number of rotatable bonds is 2. The van der Waals surface area contributed by atoms with E-state index in [1.807, 2.05) is 22.8 Å². The Morgan fingerprint density at radius 2 is 2.00 bits per heavy atom. The Labute approximate surface area is 157 Å². The van der Waals surface area contributed by atoms with Gasteiger partial charge >= 0.3 is 0 Å². The number of benzene rings is 2. The fourth-order valence-electron chi connectivity index (χ4n) is 3.53. The van der Waals surface area contributed by atoms with E-state index >= 15 is 0 Å². The lowest BCUT2D eigenvalue weighted by Gasteiger charge is -2.15. The summed E-state index contributed by atoms with van der Waals surface area (Å²) in [7, 11) is 0. The third-order valence-corrected chi connectivity index (χ3v) is 5.92. The van der Waals surface area contributed by atoms with Crippen molar-refractivity contribution in [2.45, 2.75) is 39.2 Å². The lowest BCUT2D eigenvalue weighted by atomic mass is 9.90. The molecule has 0 bridgehead atoms. The Balaban J connectivity index is 1.79. The first-order valence-electron chi connectivity index (χ1n) is 8.90. The minimum atomic E-state index is -0.201. The summed E-state index contributed by atoms with van der Waals surface area (Å²) < 4.78 is 3.03. The molecule has 1 aliphatic rings. The van der Waals surface area contributed by atoms with Crippen LogP contribution in [0.1, 0.15) is 39.9 Å². The standard InChI is InChI=1S/C22H20N2OS/c1-3-12-24-19-11-8-15(2)13-20(19)26-22(24)23-21(25)18-10-9-16-6-4-5-7-17(16)14-18/h1,8-11,13-14H,4-7,12H2,2H3. The minimum Gasteiger partial charge on any atom is -0.305 e. The number of amides is 1. The first kappa shape index (κ1) is 16.8. The normalized spacial score (nSPS) is 14.2. The van der Waals surface area contributed by atoms with Gasteiger partial charge in [-0.25, -0.2) is 0 Å². The Morgan fingerprint density at radius 1 is 1.19 bits per heavy atom. The molecule has 4 heteroatoms. The second-order valence-corrected chi connectivity index (χ2v) is 7.76. The molecule has 0 unspecified atom stereocenters. The molecule has 0 saturated heterocycles. The number of carbonyl (C=O) groups is 1. The average molecular weight is 360 g/mol. The molecule has 1 aromatic heterocycles. The van der Waals surface area contributed by atoms with Crippen LogP contribution in [-0.2, 0) is 19.4 Å². The Morgan fingerprint density at radius 3 is 2.81 bits per heavy atom. The zero-order chi connectivity index (χ0) is 18.1. The summed E-state index contributed by atoms with van der Waals surface area (Å²) in [6, 6.07) is 12.2. The molecule has 0 atom stereocenters. The Kier molecular flexibility index (Phi) is 4.48. The molecule has 4 rings (SSSR count). The predicted molar refractivity (Wildman–Crippen MR) is 106 cm³/mol. The maximum atomic E-state index is 12.8. The Bertz CT molecular complexity index is 1110. The summed E-state index contributed by atoms with van der Waals surface area (Å²) in [5.74, 6) is 2.47. The quantitative estimate of drug-likeness (QED) is 0.629. The highest BCUT2D eigenvalue weighted by Gasteiger charge is 2.13.